The van der Waals surface area contributed by atoms with Crippen LogP contribution in [0.4, 0.5) is 0 Å². The highest BCUT2D eigenvalue weighted by Crippen LogP contribution is 2.21. The molecular weight excluding hydrogens is 176 g/mol. The van der Waals surface area contributed by atoms with Crippen molar-refractivity contribution in [1.29, 1.82) is 0 Å². The van der Waals surface area contributed by atoms with Gasteiger partial charge in [0.05, 0.1) is 6.61 Å². The van der Waals surface area contributed by atoms with Gasteiger partial charge in [0, 0.05) is 17.8 Å². The average Bonchev–Trinajstić information content (AvgIpc) is 2.18. The maximum absolute atomic E-state index is 8.83. The smallest absolute Gasteiger partial charge is 0.131 e. The Bertz CT molecular complexity index is 336. The Morgan fingerprint density at radius 1 is 1.21 bits per heavy atom. The van der Waals surface area contributed by atoms with Crippen molar-refractivity contribution in [1.82, 2.24) is 9.97 Å². The zero-order valence-electron chi connectivity index (χ0n) is 8.58. The van der Waals surface area contributed by atoms with E-state index in [-0.39, 0.29) is 6.61 Å². The lowest BCUT2D eigenvalue weighted by Crippen LogP contribution is -2.12. The van der Waals surface area contributed by atoms with Gasteiger partial charge in [0.15, 0.2) is 0 Å². The number of hydrogen-bond acceptors (Lipinski definition) is 3. The van der Waals surface area contributed by atoms with E-state index in [4.69, 9.17) is 5.11 Å². The second-order valence-corrected chi connectivity index (χ2v) is 3.83. The van der Waals surface area contributed by atoms with Crippen LogP contribution in [0, 0.1) is 6.92 Å². The summed E-state index contributed by atoms with van der Waals surface area (Å²) in [5, 5.41) is 8.83. The van der Waals surface area contributed by atoms with Crippen LogP contribution in [0.15, 0.2) is 0 Å². The summed E-state index contributed by atoms with van der Waals surface area (Å²) in [5.74, 6) is 0.797. The third-order valence-electron chi connectivity index (χ3n) is 2.77. The first-order chi connectivity index (χ1) is 6.81. The van der Waals surface area contributed by atoms with Crippen LogP contribution in [0.5, 0.6) is 0 Å². The molecule has 0 aliphatic heterocycles. The summed E-state index contributed by atoms with van der Waals surface area (Å²) in [7, 11) is 0. The molecule has 0 atom stereocenters. The van der Waals surface area contributed by atoms with Crippen molar-refractivity contribution in [3.8, 4) is 0 Å². The minimum absolute atomic E-state index is 0.137. The zero-order chi connectivity index (χ0) is 9.97. The number of rotatable bonds is 2. The number of nitrogens with zero attached hydrogens (tertiary/aromatic N) is 2. The van der Waals surface area contributed by atoms with Crippen LogP contribution in [-0.4, -0.2) is 21.7 Å². The maximum atomic E-state index is 8.83. The molecule has 14 heavy (non-hydrogen) atoms. The SMILES string of the molecule is Cc1nc(CCO)nc2c1CCCC2. The Morgan fingerprint density at radius 3 is 2.79 bits per heavy atom. The minimum atomic E-state index is 0.137. The Hall–Kier alpha value is -0.960. The monoisotopic (exact) mass is 192 g/mol. The van der Waals surface area contributed by atoms with Gasteiger partial charge in [-0.2, -0.15) is 0 Å². The Kier molecular flexibility index (Phi) is 2.77. The van der Waals surface area contributed by atoms with E-state index >= 15 is 0 Å². The predicted octanol–water partition coefficient (Wildman–Crippen LogP) is 1.20. The number of aryl methyl sites for hydroxylation is 2. The third kappa shape index (κ3) is 1.77. The van der Waals surface area contributed by atoms with Crippen LogP contribution in [0.3, 0.4) is 0 Å². The van der Waals surface area contributed by atoms with E-state index in [2.05, 4.69) is 9.97 Å². The van der Waals surface area contributed by atoms with Gasteiger partial charge in [-0.05, 0) is 38.2 Å². The van der Waals surface area contributed by atoms with Crippen molar-refractivity contribution < 1.29 is 5.11 Å². The molecular formula is C11H16N2O. The molecule has 0 saturated heterocycles. The fourth-order valence-corrected chi connectivity index (χ4v) is 2.06. The van der Waals surface area contributed by atoms with Crippen molar-refractivity contribution in [2.75, 3.05) is 6.61 Å². The van der Waals surface area contributed by atoms with Crippen molar-refractivity contribution >= 4 is 0 Å². The van der Waals surface area contributed by atoms with Crippen LogP contribution >= 0.6 is 0 Å². The van der Waals surface area contributed by atoms with Crippen LogP contribution in [0.25, 0.3) is 0 Å². The van der Waals surface area contributed by atoms with Gasteiger partial charge in [0.1, 0.15) is 5.82 Å². The summed E-state index contributed by atoms with van der Waals surface area (Å²) in [5.41, 5.74) is 3.67. The van der Waals surface area contributed by atoms with Gasteiger partial charge in [-0.15, -0.1) is 0 Å². The van der Waals surface area contributed by atoms with E-state index in [0.717, 1.165) is 24.4 Å². The van der Waals surface area contributed by atoms with Crippen LogP contribution in [0.2, 0.25) is 0 Å². The van der Waals surface area contributed by atoms with Crippen molar-refractivity contribution in [2.24, 2.45) is 0 Å². The summed E-state index contributed by atoms with van der Waals surface area (Å²) in [4.78, 5) is 8.90. The Balaban J connectivity index is 2.36. The molecule has 3 nitrogen and oxygen atoms in total. The fraction of sp³-hybridized carbons (Fsp3) is 0.636. The van der Waals surface area contributed by atoms with E-state index in [0.29, 0.717) is 6.42 Å². The summed E-state index contributed by atoms with van der Waals surface area (Å²) in [6.07, 6.45) is 5.28. The molecule has 0 fully saturated rings. The van der Waals surface area contributed by atoms with E-state index in [1.165, 1.54) is 24.1 Å². The van der Waals surface area contributed by atoms with Crippen LogP contribution in [0.1, 0.15) is 35.6 Å². The lowest BCUT2D eigenvalue weighted by Gasteiger charge is -2.17. The lowest BCUT2D eigenvalue weighted by atomic mass is 9.95. The van der Waals surface area contributed by atoms with Gasteiger partial charge >= 0.3 is 0 Å². The topological polar surface area (TPSA) is 46.0 Å². The Labute approximate surface area is 84.2 Å². The number of aromatic nitrogens is 2. The van der Waals surface area contributed by atoms with Crippen LogP contribution in [-0.2, 0) is 19.3 Å². The molecule has 2 rings (SSSR count). The highest BCUT2D eigenvalue weighted by Gasteiger charge is 2.14. The molecule has 1 aliphatic rings. The van der Waals surface area contributed by atoms with Crippen LogP contribution < -0.4 is 0 Å². The molecule has 1 N–H and O–H groups in total. The van der Waals surface area contributed by atoms with Crippen molar-refractivity contribution in [3.63, 3.8) is 0 Å². The molecule has 76 valence electrons. The summed E-state index contributed by atoms with van der Waals surface area (Å²) >= 11 is 0. The van der Waals surface area contributed by atoms with Gasteiger partial charge in [-0.1, -0.05) is 0 Å². The minimum Gasteiger partial charge on any atom is -0.396 e. The van der Waals surface area contributed by atoms with Gasteiger partial charge in [0.25, 0.3) is 0 Å². The molecule has 0 amide bonds. The highest BCUT2D eigenvalue weighted by molar-refractivity contribution is 5.27. The van der Waals surface area contributed by atoms with E-state index in [1.807, 2.05) is 6.92 Å². The van der Waals surface area contributed by atoms with E-state index in [9.17, 15) is 0 Å². The normalized spacial score (nSPS) is 15.3. The first-order valence-electron chi connectivity index (χ1n) is 5.27. The predicted molar refractivity (Wildman–Crippen MR) is 54.2 cm³/mol. The summed E-state index contributed by atoms with van der Waals surface area (Å²) < 4.78 is 0. The summed E-state index contributed by atoms with van der Waals surface area (Å²) in [6, 6.07) is 0. The van der Waals surface area contributed by atoms with Gasteiger partial charge in [-0.3, -0.25) is 0 Å². The second kappa shape index (κ2) is 4.05. The molecule has 0 bridgehead atoms. The molecule has 0 saturated carbocycles. The molecule has 0 spiro atoms. The number of aliphatic hydroxyl groups is 1. The van der Waals surface area contributed by atoms with Gasteiger partial charge in [-0.25, -0.2) is 9.97 Å². The number of fused-ring (bicyclic) bond motifs is 1. The van der Waals surface area contributed by atoms with E-state index < -0.39 is 0 Å². The first-order valence-corrected chi connectivity index (χ1v) is 5.27. The fourth-order valence-electron chi connectivity index (χ4n) is 2.06. The number of hydrogen-bond donors (Lipinski definition) is 1. The van der Waals surface area contributed by atoms with Crippen molar-refractivity contribution in [3.05, 3.63) is 22.8 Å². The molecule has 3 heteroatoms. The molecule has 1 heterocycles. The lowest BCUT2D eigenvalue weighted by molar-refractivity contribution is 0.296. The molecule has 0 unspecified atom stereocenters. The molecule has 1 aromatic rings. The maximum Gasteiger partial charge on any atom is 0.131 e. The molecule has 0 radical (unpaired) electrons. The number of aliphatic hydroxyl groups excluding tert-OH is 1. The van der Waals surface area contributed by atoms with Gasteiger partial charge in [0.2, 0.25) is 0 Å². The highest BCUT2D eigenvalue weighted by atomic mass is 16.3. The summed E-state index contributed by atoms with van der Waals surface area (Å²) in [6.45, 7) is 2.19. The average molecular weight is 192 g/mol. The first kappa shape index (κ1) is 9.59. The second-order valence-electron chi connectivity index (χ2n) is 3.83. The largest absolute Gasteiger partial charge is 0.396 e. The quantitative estimate of drug-likeness (QED) is 0.765. The van der Waals surface area contributed by atoms with Gasteiger partial charge < -0.3 is 5.11 Å². The standard InChI is InChI=1S/C11H16N2O/c1-8-9-4-2-3-5-10(9)13-11(12-8)6-7-14/h14H,2-7H2,1H3. The molecule has 0 aromatic carbocycles. The zero-order valence-corrected chi connectivity index (χ0v) is 8.58. The third-order valence-corrected chi connectivity index (χ3v) is 2.77. The molecule has 1 aliphatic carbocycles. The Morgan fingerprint density at radius 2 is 2.00 bits per heavy atom. The molecule has 1 aromatic heterocycles. The van der Waals surface area contributed by atoms with Crippen molar-refractivity contribution in [2.45, 2.75) is 39.0 Å². The van der Waals surface area contributed by atoms with E-state index in [1.54, 1.807) is 0 Å².